The molecule has 0 N–H and O–H groups in total. The van der Waals surface area contributed by atoms with Crippen molar-refractivity contribution >= 4 is 11.0 Å². The second-order valence-electron chi connectivity index (χ2n) is 13.8. The molecule has 0 aliphatic rings. The molecule has 10 rings (SSSR count). The highest BCUT2D eigenvalue weighted by atomic mass is 15.1. The minimum absolute atomic E-state index is 0.586. The van der Waals surface area contributed by atoms with E-state index in [9.17, 15) is 0 Å². The van der Waals surface area contributed by atoms with Crippen molar-refractivity contribution < 1.29 is 0 Å². The number of imidazole rings is 1. The molecular formula is C51H34N6. The summed E-state index contributed by atoms with van der Waals surface area (Å²) in [6.07, 6.45) is 0. The van der Waals surface area contributed by atoms with Gasteiger partial charge >= 0.3 is 0 Å². The molecule has 0 spiro atoms. The molecule has 7 aromatic carbocycles. The predicted octanol–water partition coefficient (Wildman–Crippen LogP) is 12.3. The number of benzene rings is 7. The first-order valence-electron chi connectivity index (χ1n) is 18.9. The van der Waals surface area contributed by atoms with E-state index in [1.54, 1.807) is 0 Å². The smallest absolute Gasteiger partial charge is 0.160 e. The molecule has 0 fully saturated rings. The van der Waals surface area contributed by atoms with E-state index in [4.69, 9.17) is 24.9 Å². The number of aromatic nitrogens is 6. The molecule has 3 aromatic heterocycles. The van der Waals surface area contributed by atoms with Crippen LogP contribution in [0.1, 0.15) is 0 Å². The highest BCUT2D eigenvalue weighted by Crippen LogP contribution is 2.37. The molecule has 0 atom stereocenters. The van der Waals surface area contributed by atoms with Crippen LogP contribution in [0.3, 0.4) is 0 Å². The third-order valence-corrected chi connectivity index (χ3v) is 10.0. The average molecular weight is 731 g/mol. The third kappa shape index (κ3) is 6.77. The summed E-state index contributed by atoms with van der Waals surface area (Å²) < 4.78 is 2.21. The van der Waals surface area contributed by atoms with E-state index in [1.165, 1.54) is 0 Å². The molecule has 0 amide bonds. The lowest BCUT2D eigenvalue weighted by molar-refractivity contribution is 1.10. The Labute approximate surface area is 330 Å². The molecular weight excluding hydrogens is 697 g/mol. The van der Waals surface area contributed by atoms with Crippen molar-refractivity contribution in [2.45, 2.75) is 0 Å². The summed E-state index contributed by atoms with van der Waals surface area (Å²) in [5.74, 6) is 1.96. The van der Waals surface area contributed by atoms with Gasteiger partial charge in [-0.3, -0.25) is 4.57 Å². The monoisotopic (exact) mass is 730 g/mol. The van der Waals surface area contributed by atoms with E-state index in [-0.39, 0.29) is 0 Å². The molecule has 0 aliphatic heterocycles. The highest BCUT2D eigenvalue weighted by molar-refractivity contribution is 5.86. The fourth-order valence-electron chi connectivity index (χ4n) is 7.25. The fourth-order valence-corrected chi connectivity index (χ4v) is 7.25. The minimum Gasteiger partial charge on any atom is -0.292 e. The first kappa shape index (κ1) is 33.7. The van der Waals surface area contributed by atoms with Crippen molar-refractivity contribution in [3.63, 3.8) is 0 Å². The topological polar surface area (TPSA) is 69.4 Å². The van der Waals surface area contributed by atoms with Gasteiger partial charge in [-0.25, -0.2) is 24.9 Å². The van der Waals surface area contributed by atoms with Crippen LogP contribution in [0.15, 0.2) is 206 Å². The zero-order valence-corrected chi connectivity index (χ0v) is 30.8. The number of fused-ring (bicyclic) bond motifs is 1. The van der Waals surface area contributed by atoms with Gasteiger partial charge in [0.25, 0.3) is 0 Å². The van der Waals surface area contributed by atoms with Crippen LogP contribution < -0.4 is 0 Å². The Morgan fingerprint density at radius 1 is 0.281 bits per heavy atom. The molecule has 0 aliphatic carbocycles. The Hall–Kier alpha value is -7.83. The van der Waals surface area contributed by atoms with Crippen molar-refractivity contribution in [3.05, 3.63) is 206 Å². The van der Waals surface area contributed by atoms with Gasteiger partial charge in [-0.05, 0) is 54.6 Å². The highest BCUT2D eigenvalue weighted by Gasteiger charge is 2.20. The minimum atomic E-state index is 0.586. The van der Waals surface area contributed by atoms with Crippen LogP contribution in [0.25, 0.3) is 95.9 Å². The van der Waals surface area contributed by atoms with Crippen molar-refractivity contribution in [2.75, 3.05) is 0 Å². The van der Waals surface area contributed by atoms with E-state index in [1.807, 2.05) is 84.9 Å². The van der Waals surface area contributed by atoms with Crippen LogP contribution in [0.2, 0.25) is 0 Å². The second kappa shape index (κ2) is 14.8. The van der Waals surface area contributed by atoms with Crippen LogP contribution >= 0.6 is 0 Å². The van der Waals surface area contributed by atoms with Gasteiger partial charge in [0.05, 0.1) is 33.8 Å². The maximum Gasteiger partial charge on any atom is 0.160 e. The second-order valence-corrected chi connectivity index (χ2v) is 13.8. The summed E-state index contributed by atoms with van der Waals surface area (Å²) in [6, 6.07) is 70.1. The average Bonchev–Trinajstić information content (AvgIpc) is 3.70. The van der Waals surface area contributed by atoms with Gasteiger partial charge in [0.15, 0.2) is 11.6 Å². The molecule has 0 bridgehead atoms. The van der Waals surface area contributed by atoms with E-state index in [0.29, 0.717) is 11.6 Å². The molecule has 0 radical (unpaired) electrons. The molecule has 0 saturated carbocycles. The van der Waals surface area contributed by atoms with Crippen LogP contribution in [-0.2, 0) is 0 Å². The van der Waals surface area contributed by atoms with E-state index in [2.05, 4.69) is 126 Å². The zero-order chi connectivity index (χ0) is 38.0. The van der Waals surface area contributed by atoms with Crippen LogP contribution in [0.4, 0.5) is 0 Å². The maximum atomic E-state index is 5.27. The number of hydrogen-bond acceptors (Lipinski definition) is 5. The first-order chi connectivity index (χ1) is 28.2. The number of nitrogens with zero attached hydrogens (tertiary/aromatic N) is 6. The zero-order valence-electron chi connectivity index (χ0n) is 30.8. The van der Waals surface area contributed by atoms with Gasteiger partial charge in [-0.2, -0.15) is 0 Å². The molecule has 3 heterocycles. The van der Waals surface area contributed by atoms with E-state index in [0.717, 1.165) is 84.3 Å². The standard InChI is InChI=1S/C51H34N6/c1-6-18-35(19-7-1)44-33-45(36-20-8-2-9-21-36)53-49(52-44)39-30-40(50-54-46(37-22-10-3-11-23-37)34-47(55-50)38-24-12-4-13-25-38)32-41(31-39)51-56-43-28-16-17-29-48(43)57(51)42-26-14-5-15-27-42/h1-34H. The van der Waals surface area contributed by atoms with Gasteiger partial charge in [-0.1, -0.05) is 152 Å². The summed E-state index contributed by atoms with van der Waals surface area (Å²) in [5, 5.41) is 0. The molecule has 268 valence electrons. The lowest BCUT2D eigenvalue weighted by Crippen LogP contribution is -2.01. The Morgan fingerprint density at radius 2 is 0.632 bits per heavy atom. The van der Waals surface area contributed by atoms with Crippen LogP contribution in [0, 0.1) is 0 Å². The molecule has 6 nitrogen and oxygen atoms in total. The number of hydrogen-bond donors (Lipinski definition) is 0. The number of para-hydroxylation sites is 3. The summed E-state index contributed by atoms with van der Waals surface area (Å²) in [5.41, 5.74) is 12.8. The quantitative estimate of drug-likeness (QED) is 0.156. The van der Waals surface area contributed by atoms with Crippen LogP contribution in [0.5, 0.6) is 0 Å². The molecule has 6 heteroatoms. The lowest BCUT2D eigenvalue weighted by atomic mass is 10.0. The largest absolute Gasteiger partial charge is 0.292 e. The summed E-state index contributed by atoms with van der Waals surface area (Å²) in [4.78, 5) is 26.2. The summed E-state index contributed by atoms with van der Waals surface area (Å²) in [6.45, 7) is 0. The Balaban J connectivity index is 1.26. The van der Waals surface area contributed by atoms with Gasteiger partial charge in [-0.15, -0.1) is 0 Å². The first-order valence-corrected chi connectivity index (χ1v) is 18.9. The third-order valence-electron chi connectivity index (χ3n) is 10.0. The Bertz CT molecular complexity index is 2720. The van der Waals surface area contributed by atoms with Crippen LogP contribution in [-0.4, -0.2) is 29.5 Å². The molecule has 10 aromatic rings. The van der Waals surface area contributed by atoms with E-state index >= 15 is 0 Å². The SMILES string of the molecule is c1ccc(-c2cc(-c3ccccc3)nc(-c3cc(-c4nc(-c5ccccc5)cc(-c5ccccc5)n4)cc(-c4nc5ccccc5n4-c4ccccc4)c3)n2)cc1. The summed E-state index contributed by atoms with van der Waals surface area (Å²) >= 11 is 0. The van der Waals surface area contributed by atoms with Gasteiger partial charge < -0.3 is 0 Å². The van der Waals surface area contributed by atoms with Crippen molar-refractivity contribution in [3.8, 4) is 84.9 Å². The van der Waals surface area contributed by atoms with Gasteiger partial charge in [0.1, 0.15) is 5.82 Å². The van der Waals surface area contributed by atoms with Crippen molar-refractivity contribution in [1.29, 1.82) is 0 Å². The number of rotatable bonds is 8. The molecule has 57 heavy (non-hydrogen) atoms. The maximum absolute atomic E-state index is 5.27. The fraction of sp³-hybridized carbons (Fsp3) is 0. The normalized spacial score (nSPS) is 11.2. The Kier molecular flexibility index (Phi) is 8.74. The molecule has 0 saturated heterocycles. The van der Waals surface area contributed by atoms with Crippen molar-refractivity contribution in [1.82, 2.24) is 29.5 Å². The van der Waals surface area contributed by atoms with Gasteiger partial charge in [0, 0.05) is 44.6 Å². The predicted molar refractivity (Wildman–Crippen MR) is 230 cm³/mol. The van der Waals surface area contributed by atoms with Gasteiger partial charge in [0.2, 0.25) is 0 Å². The Morgan fingerprint density at radius 3 is 1.05 bits per heavy atom. The summed E-state index contributed by atoms with van der Waals surface area (Å²) in [7, 11) is 0. The molecule has 0 unspecified atom stereocenters. The van der Waals surface area contributed by atoms with Crippen molar-refractivity contribution in [2.24, 2.45) is 0 Å². The van der Waals surface area contributed by atoms with E-state index < -0.39 is 0 Å². The lowest BCUT2D eigenvalue weighted by Gasteiger charge is -2.15.